The highest BCUT2D eigenvalue weighted by atomic mass is 32.2. The second-order valence-corrected chi connectivity index (χ2v) is 5.20. The molecule has 0 aromatic rings. The third-order valence-electron chi connectivity index (χ3n) is 1.42. The van der Waals surface area contributed by atoms with Crippen molar-refractivity contribution in [3.8, 4) is 0 Å². The smallest absolute Gasteiger partial charge is 0.332 e. The second kappa shape index (κ2) is 5.66. The van der Waals surface area contributed by atoms with Gasteiger partial charge in [0.1, 0.15) is 5.75 Å². The molecule has 0 unspecified atom stereocenters. The van der Waals surface area contributed by atoms with E-state index in [0.29, 0.717) is 0 Å². The van der Waals surface area contributed by atoms with Crippen molar-refractivity contribution < 1.29 is 28.2 Å². The molecule has 7 nitrogen and oxygen atoms in total. The molecule has 0 rings (SSSR count). The minimum atomic E-state index is -3.38. The van der Waals surface area contributed by atoms with Crippen molar-refractivity contribution in [3.63, 3.8) is 0 Å². The van der Waals surface area contributed by atoms with Gasteiger partial charge in [-0.3, -0.25) is 4.79 Å². The third-order valence-corrected chi connectivity index (χ3v) is 2.20. The van der Waals surface area contributed by atoms with Crippen LogP contribution < -0.4 is 5.32 Å². The van der Waals surface area contributed by atoms with Crippen LogP contribution in [-0.2, 0) is 19.4 Å². The maximum Gasteiger partial charge on any atom is 0.332 e. The molecular weight excluding hydrogens is 226 g/mol. The summed E-state index contributed by atoms with van der Waals surface area (Å²) in [6, 6.07) is 0. The van der Waals surface area contributed by atoms with Crippen molar-refractivity contribution in [1.29, 1.82) is 0 Å². The molecule has 3 N–H and O–H groups in total. The van der Waals surface area contributed by atoms with Crippen molar-refractivity contribution in [3.05, 3.63) is 0 Å². The van der Waals surface area contributed by atoms with Crippen LogP contribution in [0.1, 0.15) is 6.42 Å². The monoisotopic (exact) mass is 239 g/mol. The van der Waals surface area contributed by atoms with E-state index in [1.807, 2.05) is 0 Å². The molecule has 88 valence electrons. The van der Waals surface area contributed by atoms with E-state index in [1.165, 1.54) is 0 Å². The molecular formula is C7H13NO6S. The number of hydrogen-bond acceptors (Lipinski definition) is 5. The summed E-state index contributed by atoms with van der Waals surface area (Å²) in [4.78, 5) is 21.0. The first kappa shape index (κ1) is 13.8. The van der Waals surface area contributed by atoms with E-state index < -0.39 is 33.6 Å². The van der Waals surface area contributed by atoms with Crippen molar-refractivity contribution in [2.75, 3.05) is 18.6 Å². The summed E-state index contributed by atoms with van der Waals surface area (Å²) in [5.41, 5.74) is 0. The standard InChI is InChI=1S/C7H13NO6S/c1-15(13,14)4-6(10)8-3-2-5(9)7(11)12/h5,9H,2-4H2,1H3,(H,8,10)(H,11,12)/t5-/m0/s1. The van der Waals surface area contributed by atoms with E-state index in [0.717, 1.165) is 6.26 Å². The second-order valence-electron chi connectivity index (χ2n) is 3.06. The zero-order valence-corrected chi connectivity index (χ0v) is 8.95. The number of aliphatic hydroxyl groups excluding tert-OH is 1. The van der Waals surface area contributed by atoms with Gasteiger partial charge in [0.2, 0.25) is 5.91 Å². The zero-order valence-electron chi connectivity index (χ0n) is 8.13. The van der Waals surface area contributed by atoms with Crippen LogP contribution >= 0.6 is 0 Å². The van der Waals surface area contributed by atoms with E-state index in [9.17, 15) is 18.0 Å². The predicted octanol–water partition coefficient (Wildman–Crippen LogP) is -2.02. The molecule has 0 fully saturated rings. The lowest BCUT2D eigenvalue weighted by Gasteiger charge is -2.06. The van der Waals surface area contributed by atoms with Gasteiger partial charge < -0.3 is 15.5 Å². The summed E-state index contributed by atoms with van der Waals surface area (Å²) < 4.78 is 21.3. The molecule has 8 heteroatoms. The Morgan fingerprint density at radius 3 is 2.33 bits per heavy atom. The van der Waals surface area contributed by atoms with E-state index in [4.69, 9.17) is 10.2 Å². The van der Waals surface area contributed by atoms with Crippen LogP contribution in [0, 0.1) is 0 Å². The Labute approximate surface area is 87.0 Å². The first-order chi connectivity index (χ1) is 6.72. The van der Waals surface area contributed by atoms with Crippen molar-refractivity contribution >= 4 is 21.7 Å². The highest BCUT2D eigenvalue weighted by Gasteiger charge is 2.14. The summed E-state index contributed by atoms with van der Waals surface area (Å²) >= 11 is 0. The van der Waals surface area contributed by atoms with Gasteiger partial charge in [-0.05, 0) is 0 Å². The minimum Gasteiger partial charge on any atom is -0.479 e. The van der Waals surface area contributed by atoms with Crippen LogP contribution in [0.2, 0.25) is 0 Å². The average molecular weight is 239 g/mol. The number of hydrogen-bond donors (Lipinski definition) is 3. The first-order valence-electron chi connectivity index (χ1n) is 4.07. The van der Waals surface area contributed by atoms with Crippen LogP contribution in [0.15, 0.2) is 0 Å². The highest BCUT2D eigenvalue weighted by Crippen LogP contribution is 1.90. The maximum absolute atomic E-state index is 10.9. The quantitative estimate of drug-likeness (QED) is 0.492. The summed E-state index contributed by atoms with van der Waals surface area (Å²) in [5.74, 6) is -2.74. The molecule has 0 aromatic carbocycles. The number of carbonyl (C=O) groups excluding carboxylic acids is 1. The Bertz CT molecular complexity index is 335. The number of nitrogens with one attached hydrogen (secondary N) is 1. The van der Waals surface area contributed by atoms with E-state index >= 15 is 0 Å². The molecule has 0 aliphatic heterocycles. The van der Waals surface area contributed by atoms with Crippen LogP contribution in [0.25, 0.3) is 0 Å². The zero-order chi connectivity index (χ0) is 12.1. The lowest BCUT2D eigenvalue weighted by molar-refractivity contribution is -0.147. The van der Waals surface area contributed by atoms with Crippen LogP contribution in [0.5, 0.6) is 0 Å². The van der Waals surface area contributed by atoms with Crippen molar-refractivity contribution in [2.24, 2.45) is 0 Å². The largest absolute Gasteiger partial charge is 0.479 e. The molecule has 0 bridgehead atoms. The van der Waals surface area contributed by atoms with Gasteiger partial charge in [0.25, 0.3) is 0 Å². The van der Waals surface area contributed by atoms with Gasteiger partial charge in [-0.15, -0.1) is 0 Å². The Balaban J connectivity index is 3.79. The van der Waals surface area contributed by atoms with E-state index in [-0.39, 0.29) is 13.0 Å². The minimum absolute atomic E-state index is 0.0815. The normalized spacial score (nSPS) is 13.2. The molecule has 0 saturated carbocycles. The molecule has 0 heterocycles. The fourth-order valence-electron chi connectivity index (χ4n) is 0.761. The fraction of sp³-hybridized carbons (Fsp3) is 0.714. The van der Waals surface area contributed by atoms with Gasteiger partial charge in [-0.2, -0.15) is 0 Å². The van der Waals surface area contributed by atoms with Gasteiger partial charge in [0, 0.05) is 19.2 Å². The Kier molecular flexibility index (Phi) is 5.23. The molecule has 1 amide bonds. The third kappa shape index (κ3) is 7.89. The van der Waals surface area contributed by atoms with Crippen molar-refractivity contribution in [1.82, 2.24) is 5.32 Å². The Morgan fingerprint density at radius 2 is 1.93 bits per heavy atom. The molecule has 0 radical (unpaired) electrons. The van der Waals surface area contributed by atoms with Crippen molar-refractivity contribution in [2.45, 2.75) is 12.5 Å². The number of rotatable bonds is 6. The molecule has 0 aliphatic rings. The molecule has 0 aliphatic carbocycles. The topological polar surface area (TPSA) is 121 Å². The Morgan fingerprint density at radius 1 is 1.40 bits per heavy atom. The summed E-state index contributed by atoms with van der Waals surface area (Å²) in [6.45, 7) is -0.0815. The lowest BCUT2D eigenvalue weighted by atomic mass is 10.2. The number of carbonyl (C=O) groups is 2. The highest BCUT2D eigenvalue weighted by molar-refractivity contribution is 7.91. The van der Waals surface area contributed by atoms with Crippen LogP contribution in [0.3, 0.4) is 0 Å². The number of sulfone groups is 1. The average Bonchev–Trinajstić information content (AvgIpc) is 2.00. The SMILES string of the molecule is CS(=O)(=O)CC(=O)NCC[C@H](O)C(=O)O. The van der Waals surface area contributed by atoms with E-state index in [2.05, 4.69) is 5.32 Å². The number of aliphatic carboxylic acids is 1. The van der Waals surface area contributed by atoms with Gasteiger partial charge in [-0.1, -0.05) is 0 Å². The van der Waals surface area contributed by atoms with Gasteiger partial charge in [-0.25, -0.2) is 13.2 Å². The predicted molar refractivity (Wildman–Crippen MR) is 51.0 cm³/mol. The molecule has 1 atom stereocenters. The molecule has 0 aromatic heterocycles. The number of carboxylic acid groups (broad SMARTS) is 1. The van der Waals surface area contributed by atoms with Crippen LogP contribution in [0.4, 0.5) is 0 Å². The summed E-state index contributed by atoms with van der Waals surface area (Å²) in [5, 5.41) is 19.3. The maximum atomic E-state index is 10.9. The number of carboxylic acids is 1. The van der Waals surface area contributed by atoms with Gasteiger partial charge >= 0.3 is 5.97 Å². The Hall–Kier alpha value is -1.15. The molecule has 15 heavy (non-hydrogen) atoms. The summed E-state index contributed by atoms with van der Waals surface area (Å²) in [7, 11) is -3.38. The number of amides is 1. The molecule has 0 saturated heterocycles. The summed E-state index contributed by atoms with van der Waals surface area (Å²) in [6.07, 6.45) is -0.799. The first-order valence-corrected chi connectivity index (χ1v) is 6.13. The lowest BCUT2D eigenvalue weighted by Crippen LogP contribution is -2.33. The van der Waals surface area contributed by atoms with Crippen LogP contribution in [-0.4, -0.2) is 55.2 Å². The number of aliphatic hydroxyl groups is 1. The molecule has 0 spiro atoms. The van der Waals surface area contributed by atoms with Gasteiger partial charge in [0.15, 0.2) is 15.9 Å². The fourth-order valence-corrected chi connectivity index (χ4v) is 1.34. The van der Waals surface area contributed by atoms with E-state index in [1.54, 1.807) is 0 Å². The van der Waals surface area contributed by atoms with Gasteiger partial charge in [0.05, 0.1) is 0 Å².